The number of rotatable bonds is 3. The molecule has 3 aromatic rings. The van der Waals surface area contributed by atoms with E-state index in [9.17, 15) is 18.5 Å². The normalized spacial score (nSPS) is 21.8. The second kappa shape index (κ2) is 10.5. The molecule has 0 amide bonds. The lowest BCUT2D eigenvalue weighted by molar-refractivity contribution is -0.0660. The standard InChI is InChI=1S/C33H35N5O4S/c1-33(2)27-18-29(38-10-8-37(9-11-38)24-20-42-21-24)23(4-3-7-36-12-14-43(40,41)15-13-36)17-26(27)31(39)30-25-6-5-22(19-34)16-28(25)35-32(30)33/h5-6,16-18,24,35H,7-15,20-21H2,1-2H3. The first-order chi connectivity index (χ1) is 20.6. The number of carbonyl (C=O) groups is 1. The van der Waals surface area contributed by atoms with Crippen molar-refractivity contribution < 1.29 is 17.9 Å². The van der Waals surface area contributed by atoms with Crippen LogP contribution in [0, 0.1) is 23.2 Å². The molecule has 0 unspecified atom stereocenters. The Hall–Kier alpha value is -3.67. The number of ether oxygens (including phenoxy) is 1. The monoisotopic (exact) mass is 597 g/mol. The largest absolute Gasteiger partial charge is 0.378 e. The van der Waals surface area contributed by atoms with Gasteiger partial charge in [-0.2, -0.15) is 5.26 Å². The highest BCUT2D eigenvalue weighted by Crippen LogP contribution is 2.45. The number of fused-ring (bicyclic) bond motifs is 4. The first-order valence-corrected chi connectivity index (χ1v) is 16.7. The lowest BCUT2D eigenvalue weighted by Crippen LogP contribution is -2.56. The van der Waals surface area contributed by atoms with Crippen molar-refractivity contribution in [3.63, 3.8) is 0 Å². The number of aromatic amines is 1. The van der Waals surface area contributed by atoms with Gasteiger partial charge in [0, 0.05) is 72.4 Å². The Morgan fingerprint density at radius 3 is 2.47 bits per heavy atom. The maximum atomic E-state index is 14.2. The van der Waals surface area contributed by atoms with Crippen LogP contribution in [0.5, 0.6) is 0 Å². The number of hydrogen-bond acceptors (Lipinski definition) is 8. The van der Waals surface area contributed by atoms with Crippen molar-refractivity contribution in [2.75, 3.05) is 75.4 Å². The molecule has 1 aromatic heterocycles. The summed E-state index contributed by atoms with van der Waals surface area (Å²) in [6.07, 6.45) is 0. The minimum absolute atomic E-state index is 0.0362. The lowest BCUT2D eigenvalue weighted by atomic mass is 9.70. The number of aromatic nitrogens is 1. The third-order valence-corrected chi connectivity index (χ3v) is 11.2. The Labute approximate surface area is 252 Å². The van der Waals surface area contributed by atoms with E-state index >= 15 is 0 Å². The number of nitrogens with zero attached hydrogens (tertiary/aromatic N) is 4. The highest BCUT2D eigenvalue weighted by molar-refractivity contribution is 7.91. The van der Waals surface area contributed by atoms with Crippen LogP contribution in [0.3, 0.4) is 0 Å². The van der Waals surface area contributed by atoms with Crippen molar-refractivity contribution in [3.05, 3.63) is 63.8 Å². The summed E-state index contributed by atoms with van der Waals surface area (Å²) in [7, 11) is -2.95. The molecular formula is C33H35N5O4S. The number of hydrogen-bond donors (Lipinski definition) is 1. The van der Waals surface area contributed by atoms with Crippen LogP contribution in [0.2, 0.25) is 0 Å². The van der Waals surface area contributed by atoms with E-state index in [1.807, 2.05) is 18.2 Å². The summed E-state index contributed by atoms with van der Waals surface area (Å²) in [5.74, 6) is 6.99. The number of ketones is 1. The Kier molecular flexibility index (Phi) is 6.87. The molecule has 0 saturated carbocycles. The van der Waals surface area contributed by atoms with E-state index < -0.39 is 15.3 Å². The number of H-pyrrole nitrogens is 1. The molecule has 3 fully saturated rings. The fourth-order valence-corrected chi connectivity index (χ4v) is 8.09. The zero-order valence-corrected chi connectivity index (χ0v) is 25.4. The van der Waals surface area contributed by atoms with E-state index in [-0.39, 0.29) is 17.3 Å². The number of piperazine rings is 1. The fraction of sp³-hybridized carbons (Fsp3) is 0.455. The molecule has 0 spiro atoms. The van der Waals surface area contributed by atoms with E-state index in [0.717, 1.165) is 72.8 Å². The zero-order chi connectivity index (χ0) is 29.9. The van der Waals surface area contributed by atoms with Crippen LogP contribution in [-0.2, 0) is 20.0 Å². The molecule has 0 bridgehead atoms. The van der Waals surface area contributed by atoms with E-state index in [0.29, 0.717) is 42.4 Å². The first-order valence-electron chi connectivity index (χ1n) is 14.9. The van der Waals surface area contributed by atoms with Gasteiger partial charge in [-0.05, 0) is 29.8 Å². The second-order valence-electron chi connectivity index (χ2n) is 12.6. The summed E-state index contributed by atoms with van der Waals surface area (Å²) >= 11 is 0. The Balaban J connectivity index is 1.27. The summed E-state index contributed by atoms with van der Waals surface area (Å²) in [5.41, 5.74) is 5.87. The molecule has 2 aromatic carbocycles. The van der Waals surface area contributed by atoms with Crippen LogP contribution in [0.25, 0.3) is 10.9 Å². The van der Waals surface area contributed by atoms with Gasteiger partial charge in [-0.3, -0.25) is 14.6 Å². The van der Waals surface area contributed by atoms with Crippen molar-refractivity contribution in [2.45, 2.75) is 25.3 Å². The van der Waals surface area contributed by atoms with E-state index in [1.54, 1.807) is 6.07 Å². The van der Waals surface area contributed by atoms with Crippen molar-refractivity contribution >= 4 is 32.2 Å². The topological polar surface area (TPSA) is 110 Å². The van der Waals surface area contributed by atoms with Crippen molar-refractivity contribution in [1.82, 2.24) is 14.8 Å². The Bertz CT molecular complexity index is 1830. The Morgan fingerprint density at radius 2 is 1.79 bits per heavy atom. The average Bonchev–Trinajstić information content (AvgIpc) is 3.36. The number of nitriles is 1. The van der Waals surface area contributed by atoms with Crippen LogP contribution in [0.15, 0.2) is 30.3 Å². The van der Waals surface area contributed by atoms with Crippen LogP contribution >= 0.6 is 0 Å². The molecule has 9 nitrogen and oxygen atoms in total. The minimum Gasteiger partial charge on any atom is -0.378 e. The van der Waals surface area contributed by atoms with E-state index in [2.05, 4.69) is 57.5 Å². The highest BCUT2D eigenvalue weighted by atomic mass is 32.2. The third kappa shape index (κ3) is 4.93. The average molecular weight is 598 g/mol. The van der Waals surface area contributed by atoms with Gasteiger partial charge >= 0.3 is 0 Å². The molecular weight excluding hydrogens is 562 g/mol. The molecule has 3 aliphatic heterocycles. The third-order valence-electron chi connectivity index (χ3n) is 9.59. The van der Waals surface area contributed by atoms with E-state index in [4.69, 9.17) is 4.74 Å². The lowest BCUT2D eigenvalue weighted by Gasteiger charge is -2.43. The summed E-state index contributed by atoms with van der Waals surface area (Å²) in [5, 5.41) is 10.3. The molecule has 43 heavy (non-hydrogen) atoms. The van der Waals surface area contributed by atoms with Gasteiger partial charge in [-0.15, -0.1) is 0 Å². The fourth-order valence-electron chi connectivity index (χ4n) is 6.81. The van der Waals surface area contributed by atoms with Crippen molar-refractivity contribution in [2.24, 2.45) is 0 Å². The van der Waals surface area contributed by atoms with Gasteiger partial charge in [-0.25, -0.2) is 8.42 Å². The molecule has 0 atom stereocenters. The molecule has 1 aliphatic carbocycles. The van der Waals surface area contributed by atoms with Gasteiger partial charge in [0.05, 0.1) is 60.2 Å². The number of anilines is 1. The smallest absolute Gasteiger partial charge is 0.195 e. The van der Waals surface area contributed by atoms with Crippen molar-refractivity contribution in [3.8, 4) is 17.9 Å². The number of benzene rings is 2. The van der Waals surface area contributed by atoms with Gasteiger partial charge in [0.1, 0.15) is 0 Å². The zero-order valence-electron chi connectivity index (χ0n) is 24.6. The number of nitrogens with one attached hydrogen (secondary N) is 1. The molecule has 0 radical (unpaired) electrons. The van der Waals surface area contributed by atoms with Gasteiger partial charge < -0.3 is 14.6 Å². The molecule has 4 heterocycles. The van der Waals surface area contributed by atoms with Crippen LogP contribution in [0.4, 0.5) is 5.69 Å². The molecule has 4 aliphatic rings. The molecule has 7 rings (SSSR count). The minimum atomic E-state index is -2.95. The molecule has 222 valence electrons. The molecule has 3 saturated heterocycles. The first kappa shape index (κ1) is 28.1. The predicted octanol–water partition coefficient (Wildman–Crippen LogP) is 2.51. The van der Waals surface area contributed by atoms with Gasteiger partial charge in [0.2, 0.25) is 0 Å². The van der Waals surface area contributed by atoms with Gasteiger partial charge in [0.25, 0.3) is 0 Å². The summed E-state index contributed by atoms with van der Waals surface area (Å²) in [6, 6.07) is 12.3. The maximum Gasteiger partial charge on any atom is 0.195 e. The second-order valence-corrected chi connectivity index (χ2v) is 14.9. The molecule has 1 N–H and O–H groups in total. The predicted molar refractivity (Wildman–Crippen MR) is 165 cm³/mol. The quantitative estimate of drug-likeness (QED) is 0.459. The summed E-state index contributed by atoms with van der Waals surface area (Å²) in [6.45, 7) is 10.9. The SMILES string of the molecule is CC1(C)c2cc(N3CCN(C4COC4)CC3)c(C#CCN3CCS(=O)(=O)CC3)cc2C(=O)c2c1[nH]c1cc(C#N)ccc21. The van der Waals surface area contributed by atoms with Crippen LogP contribution in [-0.4, -0.2) is 106 Å². The van der Waals surface area contributed by atoms with Crippen LogP contribution < -0.4 is 4.90 Å². The summed E-state index contributed by atoms with van der Waals surface area (Å²) < 4.78 is 29.2. The highest BCUT2D eigenvalue weighted by Gasteiger charge is 2.41. The summed E-state index contributed by atoms with van der Waals surface area (Å²) in [4.78, 5) is 24.6. The molecule has 10 heteroatoms. The number of sulfone groups is 1. The van der Waals surface area contributed by atoms with Crippen LogP contribution in [0.1, 0.15) is 52.2 Å². The van der Waals surface area contributed by atoms with Crippen molar-refractivity contribution in [1.29, 1.82) is 5.26 Å². The van der Waals surface area contributed by atoms with E-state index in [1.165, 1.54) is 0 Å². The van der Waals surface area contributed by atoms with Gasteiger partial charge in [0.15, 0.2) is 15.6 Å². The maximum absolute atomic E-state index is 14.2. The number of carbonyl (C=O) groups excluding carboxylic acids is 1. The van der Waals surface area contributed by atoms with Gasteiger partial charge in [-0.1, -0.05) is 31.8 Å². The Morgan fingerprint density at radius 1 is 1.05 bits per heavy atom.